The highest BCUT2D eigenvalue weighted by molar-refractivity contribution is 7.45. The zero-order valence-corrected chi connectivity index (χ0v) is 39.7. The van der Waals surface area contributed by atoms with Crippen LogP contribution in [-0.4, -0.2) is 82.2 Å². The maximum absolute atomic E-state index is 12.7. The third-order valence-electron chi connectivity index (χ3n) is 9.81. The molecule has 1 aliphatic rings. The minimum Gasteiger partial charge on any atom is -0.756 e. The molecule has 1 saturated heterocycles. The molecule has 0 aromatic heterocycles. The van der Waals surface area contributed by atoms with Crippen LogP contribution in [0, 0.1) is 0 Å². The van der Waals surface area contributed by atoms with Crippen molar-refractivity contribution in [1.29, 1.82) is 0 Å². The van der Waals surface area contributed by atoms with Gasteiger partial charge in [0.25, 0.3) is 7.82 Å². The molecule has 0 radical (unpaired) electrons. The number of carbonyl (C=O) groups is 2. The molecule has 0 spiro atoms. The minimum atomic E-state index is -4.66. The molecule has 0 aliphatic carbocycles. The van der Waals surface area contributed by atoms with Gasteiger partial charge in [0.15, 0.2) is 6.10 Å². The van der Waals surface area contributed by atoms with Gasteiger partial charge in [-0.2, -0.15) is 0 Å². The molecule has 0 aromatic rings. The maximum Gasteiger partial charge on any atom is 0.306 e. The standard InChI is InChI=1S/C50H84NO9P/c1-6-8-10-12-14-16-18-20-21-22-23-24-25-26-28-30-32-34-36-40-50(53)59-46(45-58-61(54,55)57-43-42-51(3,4)5)44-56-49(52)41-37-39-48-47(60-48)38-35-33-31-29-27-19-17-15-13-11-9-7-2/h14-17,20-21,23-24,26-29,33,35,46-48H,6-13,18-19,22,25,30-32,34,36-45H2,1-5H3/b16-14-,17-15-,21-20-,24-23-,28-26-,29-27-,35-33-/t46-,47?,48?/m1/s1. The number of ether oxygens (including phenoxy) is 3. The lowest BCUT2D eigenvalue weighted by atomic mass is 10.1. The molecule has 11 heteroatoms. The number of unbranched alkanes of at least 4 members (excludes halogenated alkanes) is 9. The van der Waals surface area contributed by atoms with Crippen LogP contribution in [0.25, 0.3) is 0 Å². The number of carbonyl (C=O) groups excluding carboxylic acids is 2. The van der Waals surface area contributed by atoms with Crippen molar-refractivity contribution >= 4 is 19.8 Å². The Labute approximate surface area is 371 Å². The van der Waals surface area contributed by atoms with Crippen LogP contribution in [0.1, 0.15) is 155 Å². The van der Waals surface area contributed by atoms with E-state index in [1.807, 2.05) is 21.1 Å². The summed E-state index contributed by atoms with van der Waals surface area (Å²) in [4.78, 5) is 37.7. The fourth-order valence-corrected chi connectivity index (χ4v) is 6.75. The highest BCUT2D eigenvalue weighted by Crippen LogP contribution is 2.38. The number of esters is 2. The third kappa shape index (κ3) is 38.5. The fraction of sp³-hybridized carbons (Fsp3) is 0.680. The first-order valence-electron chi connectivity index (χ1n) is 23.4. The maximum atomic E-state index is 12.7. The molecule has 1 rings (SSSR count). The number of likely N-dealkylation sites (N-methyl/N-ethyl adjacent to an activating group) is 1. The number of allylic oxidation sites excluding steroid dienone is 13. The van der Waals surface area contributed by atoms with Crippen LogP contribution >= 0.6 is 7.82 Å². The molecule has 0 bridgehead atoms. The lowest BCUT2D eigenvalue weighted by molar-refractivity contribution is -0.870. The van der Waals surface area contributed by atoms with Crippen molar-refractivity contribution < 1.29 is 46.8 Å². The zero-order chi connectivity index (χ0) is 44.7. The lowest BCUT2D eigenvalue weighted by Crippen LogP contribution is -2.37. The van der Waals surface area contributed by atoms with Crippen molar-refractivity contribution in [3.05, 3.63) is 85.1 Å². The summed E-state index contributed by atoms with van der Waals surface area (Å²) in [5.41, 5.74) is 0. The SMILES string of the molecule is CCCCC/C=C\C/C=C\C/C=C\C/C=C\CCCCCC(=O)O[C@H](COC(=O)CCCC1OC1C/C=C\C/C=C\C/C=C\CCCCC)COP(=O)([O-])OCC[N+](C)(C)C. The Kier molecular flexibility index (Phi) is 34.7. The highest BCUT2D eigenvalue weighted by atomic mass is 31.2. The van der Waals surface area contributed by atoms with Crippen LogP contribution in [0.15, 0.2) is 85.1 Å². The van der Waals surface area contributed by atoms with Gasteiger partial charge < -0.3 is 32.6 Å². The van der Waals surface area contributed by atoms with Gasteiger partial charge in [-0.1, -0.05) is 131 Å². The van der Waals surface area contributed by atoms with E-state index in [-0.39, 0.29) is 38.3 Å². The van der Waals surface area contributed by atoms with Crippen LogP contribution in [0.5, 0.6) is 0 Å². The molecule has 61 heavy (non-hydrogen) atoms. The summed E-state index contributed by atoms with van der Waals surface area (Å²) in [7, 11) is 1.09. The molecule has 0 saturated carbocycles. The highest BCUT2D eigenvalue weighted by Gasteiger charge is 2.36. The first-order chi connectivity index (χ1) is 29.5. The van der Waals surface area contributed by atoms with Crippen molar-refractivity contribution in [1.82, 2.24) is 0 Å². The summed E-state index contributed by atoms with van der Waals surface area (Å²) in [5.74, 6) is -0.955. The summed E-state index contributed by atoms with van der Waals surface area (Å²) < 4.78 is 39.7. The summed E-state index contributed by atoms with van der Waals surface area (Å²) >= 11 is 0. The van der Waals surface area contributed by atoms with Crippen molar-refractivity contribution in [2.75, 3.05) is 47.5 Å². The number of rotatable bonds is 40. The molecule has 4 atom stereocenters. The number of epoxide rings is 1. The molecule has 0 N–H and O–H groups in total. The number of hydrogen-bond acceptors (Lipinski definition) is 9. The number of phosphoric ester groups is 1. The van der Waals surface area contributed by atoms with Crippen molar-refractivity contribution in [2.45, 2.75) is 173 Å². The smallest absolute Gasteiger partial charge is 0.306 e. The van der Waals surface area contributed by atoms with E-state index in [1.165, 1.54) is 44.9 Å². The number of hydrogen-bond donors (Lipinski definition) is 0. The normalized spacial score (nSPS) is 17.6. The second kappa shape index (κ2) is 37.7. The Hall–Kier alpha value is -2.85. The summed E-state index contributed by atoms with van der Waals surface area (Å²) in [5, 5.41) is 0. The van der Waals surface area contributed by atoms with Gasteiger partial charge in [0.2, 0.25) is 0 Å². The largest absolute Gasteiger partial charge is 0.756 e. The van der Waals surface area contributed by atoms with Gasteiger partial charge in [0, 0.05) is 12.8 Å². The van der Waals surface area contributed by atoms with Gasteiger partial charge in [-0.05, 0) is 96.3 Å². The quantitative estimate of drug-likeness (QED) is 0.0148. The van der Waals surface area contributed by atoms with E-state index >= 15 is 0 Å². The lowest BCUT2D eigenvalue weighted by Gasteiger charge is -2.28. The average Bonchev–Trinajstić information content (AvgIpc) is 3.97. The minimum absolute atomic E-state index is 0.0542. The monoisotopic (exact) mass is 874 g/mol. The fourth-order valence-electron chi connectivity index (χ4n) is 6.02. The van der Waals surface area contributed by atoms with E-state index < -0.39 is 32.5 Å². The molecule has 1 fully saturated rings. The van der Waals surface area contributed by atoms with Gasteiger partial charge in [-0.15, -0.1) is 0 Å². The van der Waals surface area contributed by atoms with Gasteiger partial charge in [-0.3, -0.25) is 14.2 Å². The summed E-state index contributed by atoms with van der Waals surface area (Å²) in [6.07, 6.45) is 50.6. The molecule has 348 valence electrons. The Morgan fingerprint density at radius 2 is 1.10 bits per heavy atom. The average molecular weight is 874 g/mol. The van der Waals surface area contributed by atoms with E-state index in [9.17, 15) is 19.0 Å². The molecule has 1 aliphatic heterocycles. The van der Waals surface area contributed by atoms with Crippen molar-refractivity contribution in [3.8, 4) is 0 Å². The molecular weight excluding hydrogens is 790 g/mol. The number of quaternary nitrogens is 1. The second-order valence-corrected chi connectivity index (χ2v) is 18.2. The van der Waals surface area contributed by atoms with Crippen molar-refractivity contribution in [2.24, 2.45) is 0 Å². The molecule has 0 aromatic carbocycles. The Morgan fingerprint density at radius 3 is 1.62 bits per heavy atom. The van der Waals surface area contributed by atoms with Gasteiger partial charge in [0.05, 0.1) is 40.0 Å². The Bertz CT molecular complexity index is 1380. The summed E-state index contributed by atoms with van der Waals surface area (Å²) in [6, 6.07) is 0. The molecular formula is C50H84NO9P. The predicted molar refractivity (Wildman–Crippen MR) is 249 cm³/mol. The van der Waals surface area contributed by atoms with Crippen LogP contribution in [-0.2, 0) is 37.4 Å². The van der Waals surface area contributed by atoms with Crippen LogP contribution < -0.4 is 4.89 Å². The predicted octanol–water partition coefficient (Wildman–Crippen LogP) is 11.9. The number of phosphoric acid groups is 1. The van der Waals surface area contributed by atoms with Crippen LogP contribution in [0.3, 0.4) is 0 Å². The van der Waals surface area contributed by atoms with Gasteiger partial charge in [-0.25, -0.2) is 0 Å². The Balaban J connectivity index is 2.36. The summed E-state index contributed by atoms with van der Waals surface area (Å²) in [6.45, 7) is 4.03. The molecule has 10 nitrogen and oxygen atoms in total. The first-order valence-corrected chi connectivity index (χ1v) is 24.9. The van der Waals surface area contributed by atoms with E-state index in [0.29, 0.717) is 23.9 Å². The van der Waals surface area contributed by atoms with E-state index in [0.717, 1.165) is 70.6 Å². The molecule has 1 heterocycles. The Morgan fingerprint density at radius 1 is 0.607 bits per heavy atom. The van der Waals surface area contributed by atoms with Gasteiger partial charge in [0.1, 0.15) is 19.8 Å². The van der Waals surface area contributed by atoms with Crippen molar-refractivity contribution in [3.63, 3.8) is 0 Å². The first kappa shape index (κ1) is 56.2. The molecule has 3 unspecified atom stereocenters. The van der Waals surface area contributed by atoms with Gasteiger partial charge >= 0.3 is 11.9 Å². The zero-order valence-electron chi connectivity index (χ0n) is 38.8. The van der Waals surface area contributed by atoms with E-state index in [4.69, 9.17) is 23.3 Å². The van der Waals surface area contributed by atoms with Crippen LogP contribution in [0.2, 0.25) is 0 Å². The molecule has 0 amide bonds. The third-order valence-corrected chi connectivity index (χ3v) is 10.8. The topological polar surface area (TPSA) is 124 Å². The van der Waals surface area contributed by atoms with E-state index in [1.54, 1.807) is 0 Å². The number of nitrogens with zero attached hydrogens (tertiary/aromatic N) is 1. The second-order valence-electron chi connectivity index (χ2n) is 16.8. The van der Waals surface area contributed by atoms with Crippen LogP contribution in [0.4, 0.5) is 0 Å². The van der Waals surface area contributed by atoms with E-state index in [2.05, 4.69) is 98.9 Å².